The molecule has 1 aliphatic rings. The predicted molar refractivity (Wildman–Crippen MR) is 59.4 cm³/mol. The molecule has 0 heterocycles. The van der Waals surface area contributed by atoms with Crippen LogP contribution in [-0.2, 0) is 0 Å². The number of aliphatic imine (C=N–C) groups is 1. The fourth-order valence-corrected chi connectivity index (χ4v) is 1.25. The quantitative estimate of drug-likeness (QED) is 0.468. The number of rotatable bonds is 1. The van der Waals surface area contributed by atoms with Gasteiger partial charge in [-0.3, -0.25) is 4.99 Å². The lowest BCUT2D eigenvalue weighted by Crippen LogP contribution is -1.96. The smallest absolute Gasteiger partial charge is 0.114 e. The summed E-state index contributed by atoms with van der Waals surface area (Å²) >= 11 is 0. The molecule has 1 saturated carbocycles. The lowest BCUT2D eigenvalue weighted by molar-refractivity contribution is 1.18. The predicted octanol–water partition coefficient (Wildman–Crippen LogP) is 2.52. The Morgan fingerprint density at radius 2 is 2.00 bits per heavy atom. The average molecular weight is 183 g/mol. The summed E-state index contributed by atoms with van der Waals surface area (Å²) in [4.78, 5) is 4.20. The number of nitrogens with zero attached hydrogens (tertiary/aromatic N) is 1. The molecule has 0 saturated heterocycles. The van der Waals surface area contributed by atoms with E-state index in [0.29, 0.717) is 5.92 Å². The van der Waals surface area contributed by atoms with Crippen LogP contribution in [0.3, 0.4) is 0 Å². The van der Waals surface area contributed by atoms with E-state index in [1.165, 1.54) is 12.8 Å². The summed E-state index contributed by atoms with van der Waals surface area (Å²) in [6.07, 6.45) is 2.53. The number of hydrogen-bond donors (Lipinski definition) is 0. The van der Waals surface area contributed by atoms with Crippen molar-refractivity contribution in [1.29, 1.82) is 0 Å². The third-order valence-electron chi connectivity index (χ3n) is 2.24. The standard InChI is InChI=1S/C13H13N/c1-14-13(10-9-11-7-8-11)12-5-3-2-4-6-12/h2-6,11H,7-8H2,1H3. The van der Waals surface area contributed by atoms with Gasteiger partial charge in [0.2, 0.25) is 0 Å². The molecule has 1 heteroatoms. The van der Waals surface area contributed by atoms with Crippen molar-refractivity contribution in [2.75, 3.05) is 7.05 Å². The van der Waals surface area contributed by atoms with Gasteiger partial charge < -0.3 is 0 Å². The molecule has 0 unspecified atom stereocenters. The molecule has 1 aliphatic carbocycles. The second-order valence-electron chi connectivity index (χ2n) is 3.48. The third kappa shape index (κ3) is 2.23. The lowest BCUT2D eigenvalue weighted by atomic mass is 10.1. The van der Waals surface area contributed by atoms with Crippen molar-refractivity contribution < 1.29 is 0 Å². The van der Waals surface area contributed by atoms with Crippen LogP contribution in [0.1, 0.15) is 18.4 Å². The van der Waals surface area contributed by atoms with Gasteiger partial charge in [-0.2, -0.15) is 0 Å². The highest BCUT2D eigenvalue weighted by Crippen LogP contribution is 2.27. The maximum absolute atomic E-state index is 4.20. The molecule has 0 radical (unpaired) electrons. The second kappa shape index (κ2) is 4.11. The van der Waals surface area contributed by atoms with Crippen molar-refractivity contribution in [1.82, 2.24) is 0 Å². The van der Waals surface area contributed by atoms with Crippen molar-refractivity contribution in [3.63, 3.8) is 0 Å². The molecule has 70 valence electrons. The minimum absolute atomic E-state index is 0.635. The summed E-state index contributed by atoms with van der Waals surface area (Å²) in [5, 5.41) is 0. The largest absolute Gasteiger partial charge is 0.279 e. The van der Waals surface area contributed by atoms with Gasteiger partial charge in [0.15, 0.2) is 0 Å². The van der Waals surface area contributed by atoms with E-state index < -0.39 is 0 Å². The monoisotopic (exact) mass is 183 g/mol. The zero-order chi connectivity index (χ0) is 9.80. The first kappa shape index (κ1) is 9.02. The SMILES string of the molecule is CN=C(C#CC1CC1)c1ccccc1. The normalized spacial score (nSPS) is 15.9. The summed E-state index contributed by atoms with van der Waals surface area (Å²) in [6, 6.07) is 10.1. The fourth-order valence-electron chi connectivity index (χ4n) is 1.25. The molecule has 1 nitrogen and oxygen atoms in total. The molecule has 0 N–H and O–H groups in total. The topological polar surface area (TPSA) is 12.4 Å². The van der Waals surface area contributed by atoms with Gasteiger partial charge in [0.25, 0.3) is 0 Å². The summed E-state index contributed by atoms with van der Waals surface area (Å²) in [6.45, 7) is 0. The van der Waals surface area contributed by atoms with Crippen LogP contribution in [0.5, 0.6) is 0 Å². The van der Waals surface area contributed by atoms with Crippen LogP contribution in [0.15, 0.2) is 35.3 Å². The molecule has 0 aromatic heterocycles. The molecule has 1 aromatic carbocycles. The minimum Gasteiger partial charge on any atom is -0.279 e. The van der Waals surface area contributed by atoms with Crippen LogP contribution < -0.4 is 0 Å². The Balaban J connectivity index is 2.19. The van der Waals surface area contributed by atoms with E-state index in [2.05, 4.69) is 16.8 Å². The van der Waals surface area contributed by atoms with Gasteiger partial charge in [-0.15, -0.1) is 0 Å². The van der Waals surface area contributed by atoms with Crippen molar-refractivity contribution in [2.24, 2.45) is 10.9 Å². The number of hydrogen-bond acceptors (Lipinski definition) is 1. The Morgan fingerprint density at radius 3 is 2.57 bits per heavy atom. The molecule has 0 amide bonds. The van der Waals surface area contributed by atoms with Crippen LogP contribution in [0.25, 0.3) is 0 Å². The lowest BCUT2D eigenvalue weighted by Gasteiger charge is -1.96. The molecule has 0 atom stereocenters. The molecule has 1 aromatic rings. The fraction of sp³-hybridized carbons (Fsp3) is 0.308. The Kier molecular flexibility index (Phi) is 2.65. The zero-order valence-electron chi connectivity index (χ0n) is 8.33. The summed E-state index contributed by atoms with van der Waals surface area (Å²) < 4.78 is 0. The van der Waals surface area contributed by atoms with Gasteiger partial charge in [0, 0.05) is 18.5 Å². The van der Waals surface area contributed by atoms with Crippen molar-refractivity contribution in [3.05, 3.63) is 35.9 Å². The van der Waals surface area contributed by atoms with Gasteiger partial charge in [-0.1, -0.05) is 36.3 Å². The Morgan fingerprint density at radius 1 is 1.29 bits per heavy atom. The van der Waals surface area contributed by atoms with Gasteiger partial charge in [0.05, 0.1) is 0 Å². The zero-order valence-corrected chi connectivity index (χ0v) is 8.33. The Labute approximate surface area is 84.9 Å². The van der Waals surface area contributed by atoms with E-state index >= 15 is 0 Å². The van der Waals surface area contributed by atoms with Crippen LogP contribution >= 0.6 is 0 Å². The first-order valence-electron chi connectivity index (χ1n) is 4.94. The molecule has 14 heavy (non-hydrogen) atoms. The van der Waals surface area contributed by atoms with Crippen LogP contribution in [0, 0.1) is 17.8 Å². The van der Waals surface area contributed by atoms with Gasteiger partial charge >= 0.3 is 0 Å². The van der Waals surface area contributed by atoms with Crippen LogP contribution in [-0.4, -0.2) is 12.8 Å². The molecule has 0 aliphatic heterocycles. The van der Waals surface area contributed by atoms with Crippen molar-refractivity contribution >= 4 is 5.71 Å². The Bertz CT molecular complexity index is 388. The number of benzene rings is 1. The molecule has 0 spiro atoms. The maximum Gasteiger partial charge on any atom is 0.114 e. The van der Waals surface area contributed by atoms with E-state index in [0.717, 1.165) is 11.3 Å². The molecule has 1 fully saturated rings. The highest BCUT2D eigenvalue weighted by molar-refractivity contribution is 6.12. The van der Waals surface area contributed by atoms with Gasteiger partial charge in [-0.25, -0.2) is 0 Å². The summed E-state index contributed by atoms with van der Waals surface area (Å²) in [7, 11) is 1.80. The Hall–Kier alpha value is -1.55. The van der Waals surface area contributed by atoms with Gasteiger partial charge in [-0.05, 0) is 18.8 Å². The van der Waals surface area contributed by atoms with E-state index in [9.17, 15) is 0 Å². The maximum atomic E-state index is 4.20. The van der Waals surface area contributed by atoms with E-state index in [-0.39, 0.29) is 0 Å². The van der Waals surface area contributed by atoms with Crippen LogP contribution in [0.4, 0.5) is 0 Å². The molecular weight excluding hydrogens is 170 g/mol. The summed E-state index contributed by atoms with van der Waals surface area (Å²) in [5.74, 6) is 7.01. The van der Waals surface area contributed by atoms with Crippen molar-refractivity contribution in [3.8, 4) is 11.8 Å². The minimum atomic E-state index is 0.635. The first-order valence-corrected chi connectivity index (χ1v) is 4.94. The third-order valence-corrected chi connectivity index (χ3v) is 2.24. The van der Waals surface area contributed by atoms with E-state index in [1.807, 2.05) is 30.3 Å². The van der Waals surface area contributed by atoms with Gasteiger partial charge in [0.1, 0.15) is 5.71 Å². The van der Waals surface area contributed by atoms with Crippen molar-refractivity contribution in [2.45, 2.75) is 12.8 Å². The molecular formula is C13H13N. The summed E-state index contributed by atoms with van der Waals surface area (Å²) in [5.41, 5.74) is 2.01. The molecule has 0 bridgehead atoms. The molecule has 2 rings (SSSR count). The highest BCUT2D eigenvalue weighted by atomic mass is 14.7. The van der Waals surface area contributed by atoms with E-state index in [1.54, 1.807) is 7.05 Å². The average Bonchev–Trinajstić information content (AvgIpc) is 3.04. The van der Waals surface area contributed by atoms with E-state index in [4.69, 9.17) is 0 Å². The second-order valence-corrected chi connectivity index (χ2v) is 3.48. The first-order chi connectivity index (χ1) is 6.90. The van der Waals surface area contributed by atoms with Crippen LogP contribution in [0.2, 0.25) is 0 Å². The highest BCUT2D eigenvalue weighted by Gasteiger charge is 2.17.